The molecule has 0 aliphatic rings. The van der Waals surface area contributed by atoms with Gasteiger partial charge in [-0.2, -0.15) is 4.31 Å². The number of sulfonamides is 2. The highest BCUT2D eigenvalue weighted by molar-refractivity contribution is 7.90. The minimum Gasteiger partial charge on any atom is -0.274 e. The third-order valence-electron chi connectivity index (χ3n) is 3.63. The lowest BCUT2D eigenvalue weighted by Gasteiger charge is -2.22. The molecule has 0 unspecified atom stereocenters. The van der Waals surface area contributed by atoms with Gasteiger partial charge in [0.2, 0.25) is 15.9 Å². The van der Waals surface area contributed by atoms with E-state index in [1.165, 1.54) is 10.4 Å². The summed E-state index contributed by atoms with van der Waals surface area (Å²) in [7, 11) is -7.93. The van der Waals surface area contributed by atoms with Crippen LogP contribution < -0.4 is 4.72 Å². The predicted molar refractivity (Wildman–Crippen MR) is 101 cm³/mol. The van der Waals surface area contributed by atoms with E-state index < -0.39 is 26.0 Å². The topological polar surface area (TPSA) is 101 Å². The zero-order valence-corrected chi connectivity index (χ0v) is 17.5. The smallest absolute Gasteiger partial charge is 0.265 e. The fourth-order valence-electron chi connectivity index (χ4n) is 2.27. The van der Waals surface area contributed by atoms with Crippen LogP contribution in [0.1, 0.15) is 46.5 Å². The quantitative estimate of drug-likeness (QED) is 0.622. The molecule has 0 bridgehead atoms. The molecule has 1 aromatic carbocycles. The standard InChI is InChI=1S/C16H25ClN2O5S2/c1-4-6-10-19(11-7-5-2)26(23,24)14-8-9-16(15(17)12-14)25(21,22)18-13(3)20/h8-9,12H,4-7,10-11H2,1-3H3,(H,18,20). The van der Waals surface area contributed by atoms with Gasteiger partial charge in [-0.25, -0.2) is 21.6 Å². The van der Waals surface area contributed by atoms with Crippen molar-refractivity contribution in [2.24, 2.45) is 0 Å². The Morgan fingerprint density at radius 1 is 1.08 bits per heavy atom. The van der Waals surface area contributed by atoms with Gasteiger partial charge in [-0.15, -0.1) is 0 Å². The molecule has 7 nitrogen and oxygen atoms in total. The summed E-state index contributed by atoms with van der Waals surface area (Å²) in [4.78, 5) is 10.6. The summed E-state index contributed by atoms with van der Waals surface area (Å²) in [5, 5.41) is -0.259. The molecule has 0 aromatic heterocycles. The van der Waals surface area contributed by atoms with E-state index in [0.717, 1.165) is 44.7 Å². The predicted octanol–water partition coefficient (Wildman–Crippen LogP) is 2.76. The lowest BCUT2D eigenvalue weighted by molar-refractivity contribution is -0.117. The molecule has 0 aliphatic heterocycles. The molecule has 1 aromatic rings. The monoisotopic (exact) mass is 424 g/mol. The number of rotatable bonds is 10. The van der Waals surface area contributed by atoms with Crippen LogP contribution in [0.4, 0.5) is 0 Å². The molecule has 0 fully saturated rings. The molecule has 26 heavy (non-hydrogen) atoms. The average molecular weight is 425 g/mol. The molecule has 1 rings (SSSR count). The lowest BCUT2D eigenvalue weighted by Crippen LogP contribution is -2.33. The van der Waals surface area contributed by atoms with Crippen molar-refractivity contribution in [2.45, 2.75) is 56.2 Å². The van der Waals surface area contributed by atoms with Crippen LogP contribution in [-0.4, -0.2) is 40.1 Å². The normalized spacial score (nSPS) is 12.3. The van der Waals surface area contributed by atoms with Crippen molar-refractivity contribution >= 4 is 37.6 Å². The summed E-state index contributed by atoms with van der Waals surface area (Å²) < 4.78 is 53.1. The maximum atomic E-state index is 12.9. The van der Waals surface area contributed by atoms with Crippen LogP contribution in [0.3, 0.4) is 0 Å². The Bertz CT molecular complexity index is 830. The summed E-state index contributed by atoms with van der Waals surface area (Å²) in [6.45, 7) is 5.79. The maximum Gasteiger partial charge on any atom is 0.265 e. The minimum absolute atomic E-state index is 0.0727. The fraction of sp³-hybridized carbons (Fsp3) is 0.562. The molecule has 0 aliphatic carbocycles. The molecule has 0 radical (unpaired) electrons. The Hall–Kier alpha value is -1.16. The highest BCUT2D eigenvalue weighted by Crippen LogP contribution is 2.27. The molecular weight excluding hydrogens is 400 g/mol. The number of nitrogens with one attached hydrogen (secondary N) is 1. The second kappa shape index (κ2) is 9.68. The lowest BCUT2D eigenvalue weighted by atomic mass is 10.3. The molecule has 0 saturated carbocycles. The van der Waals surface area contributed by atoms with E-state index in [-0.39, 0.29) is 14.8 Å². The van der Waals surface area contributed by atoms with Gasteiger partial charge < -0.3 is 0 Å². The average Bonchev–Trinajstić information content (AvgIpc) is 2.53. The van der Waals surface area contributed by atoms with Crippen molar-refractivity contribution in [1.82, 2.24) is 9.03 Å². The van der Waals surface area contributed by atoms with E-state index in [1.807, 2.05) is 13.8 Å². The van der Waals surface area contributed by atoms with Gasteiger partial charge in [0, 0.05) is 20.0 Å². The molecular formula is C16H25ClN2O5S2. The van der Waals surface area contributed by atoms with Crippen LogP contribution >= 0.6 is 11.6 Å². The van der Waals surface area contributed by atoms with Crippen molar-refractivity contribution < 1.29 is 21.6 Å². The van der Waals surface area contributed by atoms with E-state index in [4.69, 9.17) is 11.6 Å². The van der Waals surface area contributed by atoms with Gasteiger partial charge in [0.15, 0.2) is 0 Å². The molecule has 1 amide bonds. The van der Waals surface area contributed by atoms with Gasteiger partial charge in [0.05, 0.1) is 9.92 Å². The van der Waals surface area contributed by atoms with Crippen LogP contribution in [0.5, 0.6) is 0 Å². The third kappa shape index (κ3) is 5.94. The van der Waals surface area contributed by atoms with Crippen LogP contribution in [0.15, 0.2) is 28.0 Å². The first-order valence-electron chi connectivity index (χ1n) is 8.39. The zero-order chi connectivity index (χ0) is 20.0. The van der Waals surface area contributed by atoms with Gasteiger partial charge in [0.25, 0.3) is 10.0 Å². The highest BCUT2D eigenvalue weighted by Gasteiger charge is 2.26. The van der Waals surface area contributed by atoms with E-state index in [0.29, 0.717) is 13.1 Å². The van der Waals surface area contributed by atoms with Crippen molar-refractivity contribution in [3.05, 3.63) is 23.2 Å². The van der Waals surface area contributed by atoms with E-state index in [1.54, 1.807) is 4.72 Å². The van der Waals surface area contributed by atoms with Gasteiger partial charge >= 0.3 is 0 Å². The maximum absolute atomic E-state index is 12.9. The summed E-state index contributed by atoms with van der Waals surface area (Å²) >= 11 is 6.00. The van der Waals surface area contributed by atoms with Crippen LogP contribution in [0.2, 0.25) is 5.02 Å². The van der Waals surface area contributed by atoms with Crippen LogP contribution in [0, 0.1) is 0 Å². The molecule has 10 heteroatoms. The van der Waals surface area contributed by atoms with Crippen molar-refractivity contribution in [3.8, 4) is 0 Å². The summed E-state index contributed by atoms with van der Waals surface area (Å²) in [5.74, 6) is -0.761. The first-order valence-corrected chi connectivity index (χ1v) is 11.7. The number of carbonyl (C=O) groups is 1. The third-order valence-corrected chi connectivity index (χ3v) is 7.44. The van der Waals surface area contributed by atoms with Crippen molar-refractivity contribution in [2.75, 3.05) is 13.1 Å². The SMILES string of the molecule is CCCCN(CCCC)S(=O)(=O)c1ccc(S(=O)(=O)NC(C)=O)c(Cl)c1. The van der Waals surface area contributed by atoms with Crippen molar-refractivity contribution in [3.63, 3.8) is 0 Å². The molecule has 0 spiro atoms. The second-order valence-corrected chi connectivity index (χ2v) is 9.86. The van der Waals surface area contributed by atoms with Gasteiger partial charge in [-0.3, -0.25) is 4.79 Å². The minimum atomic E-state index is -4.14. The Kier molecular flexibility index (Phi) is 8.52. The van der Waals surface area contributed by atoms with Crippen molar-refractivity contribution in [1.29, 1.82) is 0 Å². The molecule has 148 valence electrons. The zero-order valence-electron chi connectivity index (χ0n) is 15.2. The number of nitrogens with zero attached hydrogens (tertiary/aromatic N) is 1. The Labute approximate surface area is 160 Å². The molecule has 0 atom stereocenters. The summed E-state index contributed by atoms with van der Waals surface area (Å²) in [5.41, 5.74) is 0. The molecule has 1 N–H and O–H groups in total. The Morgan fingerprint density at radius 3 is 2.04 bits per heavy atom. The summed E-state index contributed by atoms with van der Waals surface area (Å²) in [6, 6.07) is 3.40. The first-order chi connectivity index (χ1) is 12.1. The van der Waals surface area contributed by atoms with Gasteiger partial charge in [-0.1, -0.05) is 38.3 Å². The number of benzene rings is 1. The first kappa shape index (κ1) is 22.9. The number of amides is 1. The largest absolute Gasteiger partial charge is 0.274 e. The molecule has 0 heterocycles. The number of hydrogen-bond donors (Lipinski definition) is 1. The Balaban J connectivity index is 3.24. The van der Waals surface area contributed by atoms with Gasteiger partial charge in [0.1, 0.15) is 4.90 Å². The number of hydrogen-bond acceptors (Lipinski definition) is 5. The summed E-state index contributed by atoms with van der Waals surface area (Å²) in [6.07, 6.45) is 3.16. The highest BCUT2D eigenvalue weighted by atomic mass is 35.5. The fourth-order valence-corrected chi connectivity index (χ4v) is 5.42. The van der Waals surface area contributed by atoms with E-state index >= 15 is 0 Å². The number of halogens is 1. The van der Waals surface area contributed by atoms with Crippen LogP contribution in [0.25, 0.3) is 0 Å². The van der Waals surface area contributed by atoms with E-state index in [9.17, 15) is 21.6 Å². The van der Waals surface area contributed by atoms with E-state index in [2.05, 4.69) is 0 Å². The number of carbonyl (C=O) groups excluding carboxylic acids is 1. The Morgan fingerprint density at radius 2 is 1.62 bits per heavy atom. The molecule has 0 saturated heterocycles. The second-order valence-electron chi connectivity index (χ2n) is 5.87. The van der Waals surface area contributed by atoms with Gasteiger partial charge in [-0.05, 0) is 31.0 Å². The number of unbranched alkanes of at least 4 members (excludes halogenated alkanes) is 2. The van der Waals surface area contributed by atoms with Crippen LogP contribution in [-0.2, 0) is 24.8 Å².